The third-order valence-electron chi connectivity index (χ3n) is 3.50. The van der Waals surface area contributed by atoms with E-state index in [-0.39, 0.29) is 0 Å². The van der Waals surface area contributed by atoms with Gasteiger partial charge in [-0.2, -0.15) is 16.7 Å². The SMILES string of the molecule is Nc1c(Br)cccc1-c1nc(CSC2CCCC2)no1. The van der Waals surface area contributed by atoms with Gasteiger partial charge in [-0.15, -0.1) is 0 Å². The molecule has 6 heteroatoms. The van der Waals surface area contributed by atoms with Crippen LogP contribution in [0.4, 0.5) is 5.69 Å². The average Bonchev–Trinajstić information content (AvgIpc) is 3.10. The molecule has 106 valence electrons. The van der Waals surface area contributed by atoms with E-state index >= 15 is 0 Å². The molecule has 1 aliphatic rings. The number of halogens is 1. The van der Waals surface area contributed by atoms with Crippen LogP contribution >= 0.6 is 27.7 Å². The molecule has 1 saturated carbocycles. The number of anilines is 1. The van der Waals surface area contributed by atoms with Gasteiger partial charge in [0.25, 0.3) is 5.89 Å². The molecule has 1 heterocycles. The summed E-state index contributed by atoms with van der Waals surface area (Å²) in [5.41, 5.74) is 7.43. The summed E-state index contributed by atoms with van der Waals surface area (Å²) in [6, 6.07) is 5.69. The molecule has 0 saturated heterocycles. The standard InChI is InChI=1S/C14H16BrN3OS/c15-11-7-3-6-10(13(11)16)14-17-12(18-19-14)8-20-9-4-1-2-5-9/h3,6-7,9H,1-2,4-5,8,16H2. The molecule has 0 atom stereocenters. The molecule has 20 heavy (non-hydrogen) atoms. The summed E-state index contributed by atoms with van der Waals surface area (Å²) < 4.78 is 6.17. The summed E-state index contributed by atoms with van der Waals surface area (Å²) in [7, 11) is 0. The average molecular weight is 354 g/mol. The van der Waals surface area contributed by atoms with Crippen molar-refractivity contribution in [2.45, 2.75) is 36.7 Å². The number of benzene rings is 1. The van der Waals surface area contributed by atoms with Crippen LogP contribution < -0.4 is 5.73 Å². The fourth-order valence-corrected chi connectivity index (χ4v) is 3.93. The van der Waals surface area contributed by atoms with Crippen LogP contribution in [0.25, 0.3) is 11.5 Å². The van der Waals surface area contributed by atoms with Gasteiger partial charge in [-0.3, -0.25) is 0 Å². The highest BCUT2D eigenvalue weighted by Gasteiger charge is 2.18. The molecule has 0 bridgehead atoms. The molecule has 1 fully saturated rings. The Balaban J connectivity index is 1.71. The van der Waals surface area contributed by atoms with Crippen LogP contribution in [0.3, 0.4) is 0 Å². The van der Waals surface area contributed by atoms with Crippen molar-refractivity contribution in [3.63, 3.8) is 0 Å². The van der Waals surface area contributed by atoms with Crippen molar-refractivity contribution < 1.29 is 4.52 Å². The Morgan fingerprint density at radius 3 is 2.95 bits per heavy atom. The fourth-order valence-electron chi connectivity index (χ4n) is 2.39. The lowest BCUT2D eigenvalue weighted by Gasteiger charge is -2.05. The molecule has 0 amide bonds. The Morgan fingerprint density at radius 1 is 1.35 bits per heavy atom. The molecule has 1 aliphatic carbocycles. The van der Waals surface area contributed by atoms with E-state index in [9.17, 15) is 0 Å². The second-order valence-corrected chi connectivity index (χ2v) is 7.08. The van der Waals surface area contributed by atoms with Gasteiger partial charge in [-0.05, 0) is 40.9 Å². The normalized spacial score (nSPS) is 15.8. The smallest absolute Gasteiger partial charge is 0.260 e. The van der Waals surface area contributed by atoms with E-state index in [0.29, 0.717) is 11.6 Å². The van der Waals surface area contributed by atoms with Crippen molar-refractivity contribution in [1.82, 2.24) is 10.1 Å². The highest BCUT2D eigenvalue weighted by Crippen LogP contribution is 2.33. The van der Waals surface area contributed by atoms with Gasteiger partial charge in [0.05, 0.1) is 17.0 Å². The van der Waals surface area contributed by atoms with Gasteiger partial charge in [0.1, 0.15) is 0 Å². The van der Waals surface area contributed by atoms with Crippen LogP contribution in [0.1, 0.15) is 31.5 Å². The zero-order chi connectivity index (χ0) is 13.9. The van der Waals surface area contributed by atoms with Crippen molar-refractivity contribution in [2.75, 3.05) is 5.73 Å². The number of hydrogen-bond acceptors (Lipinski definition) is 5. The van der Waals surface area contributed by atoms with E-state index in [2.05, 4.69) is 26.1 Å². The molecule has 0 unspecified atom stereocenters. The Morgan fingerprint density at radius 2 is 2.15 bits per heavy atom. The fraction of sp³-hybridized carbons (Fsp3) is 0.429. The lowest BCUT2D eigenvalue weighted by molar-refractivity contribution is 0.425. The first kappa shape index (κ1) is 13.9. The molecule has 1 aromatic carbocycles. The van der Waals surface area contributed by atoms with Crippen molar-refractivity contribution in [1.29, 1.82) is 0 Å². The Hall–Kier alpha value is -1.01. The zero-order valence-electron chi connectivity index (χ0n) is 11.0. The molecule has 4 nitrogen and oxygen atoms in total. The molecule has 0 aliphatic heterocycles. The van der Waals surface area contributed by atoms with Crippen molar-refractivity contribution in [2.24, 2.45) is 0 Å². The third kappa shape index (κ3) is 3.01. The van der Waals surface area contributed by atoms with Crippen molar-refractivity contribution in [3.8, 4) is 11.5 Å². The minimum absolute atomic E-state index is 0.492. The lowest BCUT2D eigenvalue weighted by Crippen LogP contribution is -1.96. The molecular formula is C14H16BrN3OS. The molecule has 2 N–H and O–H groups in total. The second-order valence-electron chi connectivity index (χ2n) is 4.93. The number of aromatic nitrogens is 2. The summed E-state index contributed by atoms with van der Waals surface area (Å²) in [4.78, 5) is 4.44. The quantitative estimate of drug-likeness (QED) is 0.832. The van der Waals surface area contributed by atoms with E-state index in [0.717, 1.165) is 26.9 Å². The highest BCUT2D eigenvalue weighted by molar-refractivity contribution is 9.10. The number of hydrogen-bond donors (Lipinski definition) is 1. The lowest BCUT2D eigenvalue weighted by atomic mass is 10.2. The van der Waals surface area contributed by atoms with E-state index in [1.807, 2.05) is 30.0 Å². The minimum atomic E-state index is 0.492. The molecular weight excluding hydrogens is 338 g/mol. The summed E-state index contributed by atoms with van der Waals surface area (Å²) in [5.74, 6) is 2.05. The van der Waals surface area contributed by atoms with Crippen molar-refractivity contribution >= 4 is 33.4 Å². The first-order chi connectivity index (χ1) is 9.74. The molecule has 2 aromatic rings. The van der Waals surface area contributed by atoms with Crippen LogP contribution in [0, 0.1) is 0 Å². The van der Waals surface area contributed by atoms with Crippen LogP contribution in [0.2, 0.25) is 0 Å². The summed E-state index contributed by atoms with van der Waals surface area (Å²) in [6.07, 6.45) is 5.33. The largest absolute Gasteiger partial charge is 0.397 e. The molecule has 3 rings (SSSR count). The topological polar surface area (TPSA) is 64.9 Å². The van der Waals surface area contributed by atoms with E-state index in [1.165, 1.54) is 25.7 Å². The van der Waals surface area contributed by atoms with Crippen molar-refractivity contribution in [3.05, 3.63) is 28.5 Å². The second kappa shape index (κ2) is 6.18. The summed E-state index contributed by atoms with van der Waals surface area (Å²) >= 11 is 5.33. The molecule has 0 radical (unpaired) electrons. The third-order valence-corrected chi connectivity index (χ3v) is 5.56. The Bertz CT molecular complexity index is 596. The number of nitrogen functional groups attached to an aromatic ring is 1. The minimum Gasteiger partial charge on any atom is -0.397 e. The molecule has 0 spiro atoms. The summed E-state index contributed by atoms with van der Waals surface area (Å²) in [5, 5.41) is 4.80. The number of nitrogens with zero attached hydrogens (tertiary/aromatic N) is 2. The van der Waals surface area contributed by atoms with Gasteiger partial charge < -0.3 is 10.3 Å². The van der Waals surface area contributed by atoms with E-state index in [1.54, 1.807) is 0 Å². The number of rotatable bonds is 4. The zero-order valence-corrected chi connectivity index (χ0v) is 13.4. The number of para-hydroxylation sites is 1. The maximum Gasteiger partial charge on any atom is 0.260 e. The van der Waals surface area contributed by atoms with Gasteiger partial charge in [-0.25, -0.2) is 0 Å². The van der Waals surface area contributed by atoms with Crippen LogP contribution in [-0.2, 0) is 5.75 Å². The number of nitrogens with two attached hydrogens (primary N) is 1. The van der Waals surface area contributed by atoms with Gasteiger partial charge >= 0.3 is 0 Å². The van der Waals surface area contributed by atoms with E-state index < -0.39 is 0 Å². The van der Waals surface area contributed by atoms with Gasteiger partial charge in [0.2, 0.25) is 0 Å². The first-order valence-electron chi connectivity index (χ1n) is 6.72. The Kier molecular flexibility index (Phi) is 4.31. The maximum atomic E-state index is 6.02. The van der Waals surface area contributed by atoms with Crippen LogP contribution in [0.15, 0.2) is 27.2 Å². The summed E-state index contributed by atoms with van der Waals surface area (Å²) in [6.45, 7) is 0. The first-order valence-corrected chi connectivity index (χ1v) is 8.57. The monoisotopic (exact) mass is 353 g/mol. The highest BCUT2D eigenvalue weighted by atomic mass is 79.9. The predicted octanol–water partition coefficient (Wildman–Crippen LogP) is 4.26. The van der Waals surface area contributed by atoms with Crippen LogP contribution in [-0.4, -0.2) is 15.4 Å². The van der Waals surface area contributed by atoms with E-state index in [4.69, 9.17) is 10.3 Å². The van der Waals surface area contributed by atoms with Gasteiger partial charge in [-0.1, -0.05) is 24.1 Å². The maximum absolute atomic E-state index is 6.02. The van der Waals surface area contributed by atoms with Gasteiger partial charge in [0, 0.05) is 9.72 Å². The Labute approximate surface area is 130 Å². The predicted molar refractivity (Wildman–Crippen MR) is 85.4 cm³/mol. The molecule has 1 aromatic heterocycles. The number of thioether (sulfide) groups is 1. The van der Waals surface area contributed by atoms with Crippen LogP contribution in [0.5, 0.6) is 0 Å². The van der Waals surface area contributed by atoms with Gasteiger partial charge in [0.15, 0.2) is 5.82 Å².